The van der Waals surface area contributed by atoms with Gasteiger partial charge in [0.15, 0.2) is 0 Å². The molecule has 0 fully saturated rings. The summed E-state index contributed by atoms with van der Waals surface area (Å²) in [6, 6.07) is 12.6. The Bertz CT molecular complexity index is 525. The molecule has 1 heterocycles. The van der Waals surface area contributed by atoms with Gasteiger partial charge in [-0.05, 0) is 64.5 Å². The molecule has 2 rings (SSSR count). The monoisotopic (exact) mass is 445 g/mol. The molecule has 19 heavy (non-hydrogen) atoms. The Hall–Kier alpha value is -0.190. The first kappa shape index (κ1) is 15.2. The van der Waals surface area contributed by atoms with Crippen LogP contribution < -0.4 is 0 Å². The van der Waals surface area contributed by atoms with Crippen LogP contribution >= 0.6 is 47.8 Å². The minimum atomic E-state index is 0.558. The first-order valence-corrected chi connectivity index (χ1v) is 8.79. The fourth-order valence-electron chi connectivity index (χ4n) is 2.00. The van der Waals surface area contributed by atoms with E-state index in [1.165, 1.54) is 5.56 Å². The highest BCUT2D eigenvalue weighted by Crippen LogP contribution is 2.19. The van der Waals surface area contributed by atoms with Gasteiger partial charge in [-0.1, -0.05) is 44.0 Å². The molecule has 0 saturated heterocycles. The molecule has 0 spiro atoms. The number of hydrogen-bond donors (Lipinski definition) is 0. The Morgan fingerprint density at radius 1 is 1.00 bits per heavy atom. The third-order valence-electron chi connectivity index (χ3n) is 2.92. The zero-order chi connectivity index (χ0) is 13.7. The normalized spacial score (nSPS) is 12.4. The number of halogens is 3. The number of rotatable bonds is 5. The van der Waals surface area contributed by atoms with Crippen LogP contribution in [0.5, 0.6) is 0 Å². The van der Waals surface area contributed by atoms with Crippen molar-refractivity contribution in [2.45, 2.75) is 12.8 Å². The van der Waals surface area contributed by atoms with Gasteiger partial charge in [0.2, 0.25) is 0 Å². The Balaban J connectivity index is 2.02. The SMILES string of the molecule is BrCC(Cc1cccc(Br)c1)Cc1ccc(Br)cn1. The Kier molecular flexibility index (Phi) is 6.05. The van der Waals surface area contributed by atoms with E-state index in [-0.39, 0.29) is 0 Å². The summed E-state index contributed by atoms with van der Waals surface area (Å²) in [7, 11) is 0. The van der Waals surface area contributed by atoms with E-state index in [1.807, 2.05) is 12.3 Å². The van der Waals surface area contributed by atoms with Crippen molar-refractivity contribution in [3.63, 3.8) is 0 Å². The molecule has 1 nitrogen and oxygen atoms in total. The van der Waals surface area contributed by atoms with Crippen LogP contribution in [-0.4, -0.2) is 10.3 Å². The lowest BCUT2D eigenvalue weighted by Gasteiger charge is -2.14. The van der Waals surface area contributed by atoms with Gasteiger partial charge in [-0.15, -0.1) is 0 Å². The third-order valence-corrected chi connectivity index (χ3v) is 4.80. The van der Waals surface area contributed by atoms with E-state index in [0.717, 1.165) is 32.8 Å². The molecule has 0 saturated carbocycles. The fraction of sp³-hybridized carbons (Fsp3) is 0.267. The highest BCUT2D eigenvalue weighted by Gasteiger charge is 2.10. The second-order valence-corrected chi connectivity index (χ2v) is 7.01. The van der Waals surface area contributed by atoms with Gasteiger partial charge in [0, 0.05) is 26.2 Å². The van der Waals surface area contributed by atoms with E-state index in [4.69, 9.17) is 0 Å². The molecule has 0 bridgehead atoms. The van der Waals surface area contributed by atoms with Crippen molar-refractivity contribution >= 4 is 47.8 Å². The number of benzene rings is 1. The summed E-state index contributed by atoms with van der Waals surface area (Å²) in [5.41, 5.74) is 2.50. The molecule has 0 radical (unpaired) electrons. The highest BCUT2D eigenvalue weighted by atomic mass is 79.9. The maximum Gasteiger partial charge on any atom is 0.0413 e. The molecule has 0 aliphatic carbocycles. The molecule has 0 aliphatic rings. The topological polar surface area (TPSA) is 12.9 Å². The first-order chi connectivity index (χ1) is 9.17. The molecule has 0 aliphatic heterocycles. The van der Waals surface area contributed by atoms with Gasteiger partial charge in [-0.25, -0.2) is 0 Å². The zero-order valence-electron chi connectivity index (χ0n) is 10.3. The summed E-state index contributed by atoms with van der Waals surface area (Å²) in [6.07, 6.45) is 3.91. The summed E-state index contributed by atoms with van der Waals surface area (Å²) in [5, 5.41) is 0.983. The van der Waals surface area contributed by atoms with Gasteiger partial charge in [-0.3, -0.25) is 4.98 Å². The molecule has 0 N–H and O–H groups in total. The lowest BCUT2D eigenvalue weighted by molar-refractivity contribution is 0.582. The van der Waals surface area contributed by atoms with Crippen molar-refractivity contribution in [2.24, 2.45) is 5.92 Å². The summed E-state index contributed by atoms with van der Waals surface area (Å²) >= 11 is 10.5. The lowest BCUT2D eigenvalue weighted by Crippen LogP contribution is -2.10. The van der Waals surface area contributed by atoms with Gasteiger partial charge in [0.05, 0.1) is 0 Å². The third kappa shape index (κ3) is 5.01. The molecule has 0 amide bonds. The Morgan fingerprint density at radius 2 is 1.84 bits per heavy atom. The van der Waals surface area contributed by atoms with Crippen LogP contribution in [0.25, 0.3) is 0 Å². The molecule has 1 atom stereocenters. The van der Waals surface area contributed by atoms with Crippen LogP contribution in [0.2, 0.25) is 0 Å². The van der Waals surface area contributed by atoms with Crippen molar-refractivity contribution in [1.29, 1.82) is 0 Å². The van der Waals surface area contributed by atoms with Gasteiger partial charge >= 0.3 is 0 Å². The minimum absolute atomic E-state index is 0.558. The minimum Gasteiger partial charge on any atom is -0.260 e. The van der Waals surface area contributed by atoms with Crippen molar-refractivity contribution in [3.05, 3.63) is 62.8 Å². The lowest BCUT2D eigenvalue weighted by atomic mass is 9.96. The molecule has 4 heteroatoms. The maximum absolute atomic E-state index is 4.45. The van der Waals surface area contributed by atoms with Crippen LogP contribution in [0.3, 0.4) is 0 Å². The largest absolute Gasteiger partial charge is 0.260 e. The van der Waals surface area contributed by atoms with Crippen molar-refractivity contribution in [3.8, 4) is 0 Å². The van der Waals surface area contributed by atoms with Crippen LogP contribution in [0, 0.1) is 5.92 Å². The van der Waals surface area contributed by atoms with Crippen LogP contribution in [-0.2, 0) is 12.8 Å². The predicted octanol–water partition coefficient (Wildman–Crippen LogP) is 5.40. The second kappa shape index (κ2) is 7.55. The molecular weight excluding hydrogens is 434 g/mol. The number of alkyl halides is 1. The average Bonchev–Trinajstić information content (AvgIpc) is 2.40. The fourth-order valence-corrected chi connectivity index (χ4v) is 3.14. The molecule has 1 unspecified atom stereocenters. The van der Waals surface area contributed by atoms with Gasteiger partial charge in [0.1, 0.15) is 0 Å². The van der Waals surface area contributed by atoms with Crippen molar-refractivity contribution in [1.82, 2.24) is 4.98 Å². The summed E-state index contributed by atoms with van der Waals surface area (Å²) in [5.74, 6) is 0.558. The van der Waals surface area contributed by atoms with Gasteiger partial charge in [0.25, 0.3) is 0 Å². The first-order valence-electron chi connectivity index (χ1n) is 6.08. The molecule has 1 aromatic carbocycles. The number of pyridine rings is 1. The van der Waals surface area contributed by atoms with Crippen LogP contribution in [0.15, 0.2) is 51.5 Å². The van der Waals surface area contributed by atoms with E-state index >= 15 is 0 Å². The van der Waals surface area contributed by atoms with Crippen molar-refractivity contribution < 1.29 is 0 Å². The van der Waals surface area contributed by atoms with E-state index in [1.54, 1.807) is 0 Å². The molecular formula is C15H14Br3N. The van der Waals surface area contributed by atoms with Crippen LogP contribution in [0.4, 0.5) is 0 Å². The van der Waals surface area contributed by atoms with Gasteiger partial charge in [-0.2, -0.15) is 0 Å². The number of hydrogen-bond acceptors (Lipinski definition) is 1. The Labute approximate surface area is 139 Å². The van der Waals surface area contributed by atoms with E-state index in [9.17, 15) is 0 Å². The number of aromatic nitrogens is 1. The summed E-state index contributed by atoms with van der Waals surface area (Å²) in [6.45, 7) is 0. The molecule has 1 aromatic heterocycles. The second-order valence-electron chi connectivity index (χ2n) is 4.53. The van der Waals surface area contributed by atoms with E-state index in [2.05, 4.69) is 83.1 Å². The quantitative estimate of drug-likeness (QED) is 0.559. The van der Waals surface area contributed by atoms with Crippen LogP contribution in [0.1, 0.15) is 11.3 Å². The van der Waals surface area contributed by atoms with E-state index in [0.29, 0.717) is 5.92 Å². The standard InChI is InChI=1S/C15H14Br3N/c16-9-12(6-11-2-1-3-13(17)7-11)8-15-5-4-14(18)10-19-15/h1-5,7,10,12H,6,8-9H2. The highest BCUT2D eigenvalue weighted by molar-refractivity contribution is 9.10. The Morgan fingerprint density at radius 3 is 2.47 bits per heavy atom. The van der Waals surface area contributed by atoms with Gasteiger partial charge < -0.3 is 0 Å². The number of nitrogens with zero attached hydrogens (tertiary/aromatic N) is 1. The predicted molar refractivity (Wildman–Crippen MR) is 90.8 cm³/mol. The average molecular weight is 448 g/mol. The summed E-state index contributed by atoms with van der Waals surface area (Å²) < 4.78 is 2.17. The summed E-state index contributed by atoms with van der Waals surface area (Å²) in [4.78, 5) is 4.45. The van der Waals surface area contributed by atoms with Crippen molar-refractivity contribution in [2.75, 3.05) is 5.33 Å². The maximum atomic E-state index is 4.45. The molecule has 100 valence electrons. The molecule has 2 aromatic rings. The smallest absolute Gasteiger partial charge is 0.0413 e. The van der Waals surface area contributed by atoms with E-state index < -0.39 is 0 Å². The zero-order valence-corrected chi connectivity index (χ0v) is 15.1.